The maximum Gasteiger partial charge on any atom is 0.0102 e. The number of halogens is 2. The van der Waals surface area contributed by atoms with E-state index in [4.69, 9.17) is 0 Å². The second kappa shape index (κ2) is 3.89. The molecule has 0 aromatic heterocycles. The topological polar surface area (TPSA) is 0 Å². The Morgan fingerprint density at radius 3 is 2.43 bits per heavy atom. The fourth-order valence-corrected chi connectivity index (χ4v) is 1.30. The summed E-state index contributed by atoms with van der Waals surface area (Å²) in [7, 11) is 0. The molecule has 0 bridgehead atoms. The van der Waals surface area contributed by atoms with E-state index in [1.54, 1.807) is 0 Å². The highest BCUT2D eigenvalue weighted by Crippen LogP contribution is 2.16. The van der Waals surface area contributed by atoms with Crippen LogP contribution in [0.4, 0.5) is 0 Å². The van der Waals surface area contributed by atoms with E-state index in [1.165, 1.54) is 3.58 Å². The fraction of sp³-hybridized carbons (Fsp3) is 0.600. The highest BCUT2D eigenvalue weighted by molar-refractivity contribution is 14.1. The zero-order valence-electron chi connectivity index (χ0n) is 4.25. The molecule has 0 amide bonds. The van der Waals surface area contributed by atoms with Crippen molar-refractivity contribution >= 4 is 38.5 Å². The molecule has 7 heavy (non-hydrogen) atoms. The molecular weight excluding hydrogens is 267 g/mol. The van der Waals surface area contributed by atoms with E-state index in [0.29, 0.717) is 5.92 Å². The molecule has 0 nitrogen and oxygen atoms in total. The Labute approximate surface area is 66.6 Å². The zero-order valence-corrected chi connectivity index (χ0v) is 7.99. The van der Waals surface area contributed by atoms with Crippen molar-refractivity contribution in [1.82, 2.24) is 0 Å². The maximum absolute atomic E-state index is 3.78. The molecule has 0 saturated carbocycles. The van der Waals surface area contributed by atoms with Gasteiger partial charge in [-0.1, -0.05) is 29.4 Å². The molecule has 0 saturated heterocycles. The summed E-state index contributed by atoms with van der Waals surface area (Å²) in [5, 5.41) is 1.02. The summed E-state index contributed by atoms with van der Waals surface area (Å²) in [5.74, 6) is 0.612. The van der Waals surface area contributed by atoms with Gasteiger partial charge in [-0.05, 0) is 32.1 Å². The van der Waals surface area contributed by atoms with Gasteiger partial charge in [-0.25, -0.2) is 0 Å². The van der Waals surface area contributed by atoms with Gasteiger partial charge in [0, 0.05) is 5.33 Å². The smallest absolute Gasteiger partial charge is 0.0102 e. The monoisotopic (exact) mass is 274 g/mol. The molecule has 0 aliphatic rings. The molecule has 42 valence electrons. The summed E-state index contributed by atoms with van der Waals surface area (Å²) < 4.78 is 1.22. The van der Waals surface area contributed by atoms with Gasteiger partial charge in [-0.15, -0.1) is 0 Å². The van der Waals surface area contributed by atoms with Gasteiger partial charge in [0.25, 0.3) is 0 Å². The first-order valence-electron chi connectivity index (χ1n) is 2.08. The third-order valence-corrected chi connectivity index (χ3v) is 2.80. The minimum absolute atomic E-state index is 0.612. The van der Waals surface area contributed by atoms with Crippen LogP contribution in [0.25, 0.3) is 0 Å². The summed E-state index contributed by atoms with van der Waals surface area (Å²) in [6, 6.07) is 0. The van der Waals surface area contributed by atoms with Crippen molar-refractivity contribution in [2.75, 3.05) is 5.33 Å². The van der Waals surface area contributed by atoms with E-state index < -0.39 is 0 Å². The molecule has 0 aliphatic heterocycles. The Bertz CT molecular complexity index is 70.5. The summed E-state index contributed by atoms with van der Waals surface area (Å²) in [4.78, 5) is 0. The van der Waals surface area contributed by atoms with E-state index >= 15 is 0 Å². The lowest BCUT2D eigenvalue weighted by Crippen LogP contribution is -1.91. The molecule has 0 aromatic carbocycles. The Balaban J connectivity index is 3.34. The van der Waals surface area contributed by atoms with Crippen molar-refractivity contribution in [3.05, 3.63) is 10.2 Å². The van der Waals surface area contributed by atoms with E-state index in [9.17, 15) is 0 Å². The van der Waals surface area contributed by atoms with Gasteiger partial charge in [-0.3, -0.25) is 0 Å². The third kappa shape index (κ3) is 3.53. The van der Waals surface area contributed by atoms with Crippen LogP contribution in [0.15, 0.2) is 10.2 Å². The number of hydrogen-bond acceptors (Lipinski definition) is 0. The quantitative estimate of drug-likeness (QED) is 0.537. The summed E-state index contributed by atoms with van der Waals surface area (Å²) in [5.41, 5.74) is 0. The first kappa shape index (κ1) is 7.95. The lowest BCUT2D eigenvalue weighted by atomic mass is 10.2. The van der Waals surface area contributed by atoms with Gasteiger partial charge in [0.05, 0.1) is 0 Å². The van der Waals surface area contributed by atoms with Gasteiger partial charge in [0.15, 0.2) is 0 Å². The Hall–Kier alpha value is 0.950. The largest absolute Gasteiger partial charge is 0.0921 e. The Morgan fingerprint density at radius 1 is 2.00 bits per heavy atom. The van der Waals surface area contributed by atoms with Crippen molar-refractivity contribution in [3.63, 3.8) is 0 Å². The minimum atomic E-state index is 0.612. The van der Waals surface area contributed by atoms with Crippen molar-refractivity contribution < 1.29 is 0 Å². The number of rotatable bonds is 2. The molecule has 0 fully saturated rings. The van der Waals surface area contributed by atoms with Crippen LogP contribution in [0.1, 0.15) is 6.92 Å². The molecule has 1 unspecified atom stereocenters. The molecule has 2 heteroatoms. The highest BCUT2D eigenvalue weighted by Gasteiger charge is 1.97. The van der Waals surface area contributed by atoms with Crippen LogP contribution < -0.4 is 0 Å². The first-order chi connectivity index (χ1) is 3.18. The van der Waals surface area contributed by atoms with Crippen LogP contribution in [-0.2, 0) is 0 Å². The minimum Gasteiger partial charge on any atom is -0.0921 e. The summed E-state index contributed by atoms with van der Waals surface area (Å²) >= 11 is 5.59. The third-order valence-electron chi connectivity index (χ3n) is 0.766. The van der Waals surface area contributed by atoms with E-state index in [1.807, 2.05) is 0 Å². The van der Waals surface area contributed by atoms with Crippen LogP contribution in [-0.4, -0.2) is 5.33 Å². The second-order valence-corrected chi connectivity index (χ2v) is 3.54. The highest BCUT2D eigenvalue weighted by atomic mass is 127. The Kier molecular flexibility index (Phi) is 4.42. The normalized spacial score (nSPS) is 13.6. The van der Waals surface area contributed by atoms with Crippen LogP contribution in [0, 0.1) is 5.92 Å². The van der Waals surface area contributed by atoms with Crippen molar-refractivity contribution in [1.29, 1.82) is 0 Å². The van der Waals surface area contributed by atoms with Gasteiger partial charge in [0.2, 0.25) is 0 Å². The SMILES string of the molecule is C=C(I)C(C)CBr. The molecular formula is C5H8BrI. The molecule has 0 radical (unpaired) electrons. The van der Waals surface area contributed by atoms with Gasteiger partial charge in [-0.2, -0.15) is 0 Å². The van der Waals surface area contributed by atoms with E-state index in [-0.39, 0.29) is 0 Å². The van der Waals surface area contributed by atoms with Gasteiger partial charge in [0.1, 0.15) is 0 Å². The van der Waals surface area contributed by atoms with Crippen LogP contribution >= 0.6 is 38.5 Å². The maximum atomic E-state index is 3.78. The van der Waals surface area contributed by atoms with Gasteiger partial charge >= 0.3 is 0 Å². The number of alkyl halides is 1. The predicted molar refractivity (Wildman–Crippen MR) is 46.1 cm³/mol. The van der Waals surface area contributed by atoms with Crippen LogP contribution in [0.2, 0.25) is 0 Å². The molecule has 0 aromatic rings. The zero-order chi connectivity index (χ0) is 5.86. The van der Waals surface area contributed by atoms with Crippen LogP contribution in [0.5, 0.6) is 0 Å². The molecule has 0 N–H and O–H groups in total. The predicted octanol–water partition coefficient (Wildman–Crippen LogP) is 2.97. The van der Waals surface area contributed by atoms with Crippen molar-refractivity contribution in [2.45, 2.75) is 6.92 Å². The molecule has 0 aliphatic carbocycles. The molecule has 0 spiro atoms. The fourth-order valence-electron chi connectivity index (χ4n) is 0.0837. The average molecular weight is 275 g/mol. The molecule has 0 heterocycles. The number of allylic oxidation sites excluding steroid dienone is 1. The first-order valence-corrected chi connectivity index (χ1v) is 4.28. The molecule has 1 atom stereocenters. The van der Waals surface area contributed by atoms with E-state index in [2.05, 4.69) is 52.0 Å². The average Bonchev–Trinajstić information content (AvgIpc) is 1.65. The van der Waals surface area contributed by atoms with Crippen molar-refractivity contribution in [3.8, 4) is 0 Å². The standard InChI is InChI=1S/C5H8BrI/c1-4(3-6)5(2)7/h4H,2-3H2,1H3. The van der Waals surface area contributed by atoms with E-state index in [0.717, 1.165) is 5.33 Å². The lowest BCUT2D eigenvalue weighted by molar-refractivity contribution is 0.850. The lowest BCUT2D eigenvalue weighted by Gasteiger charge is -2.00. The summed E-state index contributed by atoms with van der Waals surface area (Å²) in [6.07, 6.45) is 0. The number of hydrogen-bond donors (Lipinski definition) is 0. The second-order valence-electron chi connectivity index (χ2n) is 1.50. The summed E-state index contributed by atoms with van der Waals surface area (Å²) in [6.45, 7) is 5.92. The van der Waals surface area contributed by atoms with Crippen molar-refractivity contribution in [2.24, 2.45) is 5.92 Å². The van der Waals surface area contributed by atoms with Gasteiger partial charge < -0.3 is 0 Å². The van der Waals surface area contributed by atoms with Crippen LogP contribution in [0.3, 0.4) is 0 Å². The Morgan fingerprint density at radius 2 is 2.43 bits per heavy atom. The molecule has 0 rings (SSSR count).